The molecule has 1 N–H and O–H groups in total. The standard InChI is InChI=1S/C31H35N3O2/c1-23-13-17-29(18-14-23)36-31-30(24(2)32-34(31)27-11-7-4-8-12-27)22-33(20-26-15-16-26)21-28(35)19-25-9-5-3-6-10-25/h3-14,17-18,26,28,35H,15-16,19-22H2,1-2H3. The van der Waals surface area contributed by atoms with Gasteiger partial charge in [-0.2, -0.15) is 5.10 Å². The molecule has 0 bridgehead atoms. The molecule has 1 aliphatic rings. The summed E-state index contributed by atoms with van der Waals surface area (Å²) in [6.07, 6.45) is 2.74. The average Bonchev–Trinajstić information content (AvgIpc) is 3.65. The molecule has 5 heteroatoms. The molecule has 0 spiro atoms. The van der Waals surface area contributed by atoms with Gasteiger partial charge in [0.15, 0.2) is 0 Å². The third-order valence-electron chi connectivity index (χ3n) is 6.75. The van der Waals surface area contributed by atoms with E-state index in [0.717, 1.165) is 40.7 Å². The average molecular weight is 482 g/mol. The second kappa shape index (κ2) is 11.1. The molecular weight excluding hydrogens is 446 g/mol. The number of aliphatic hydroxyl groups is 1. The Labute approximate surface area is 214 Å². The largest absolute Gasteiger partial charge is 0.439 e. The summed E-state index contributed by atoms with van der Waals surface area (Å²) in [7, 11) is 0. The first-order valence-electron chi connectivity index (χ1n) is 12.9. The van der Waals surface area contributed by atoms with E-state index in [-0.39, 0.29) is 0 Å². The fourth-order valence-corrected chi connectivity index (χ4v) is 4.63. The van der Waals surface area contributed by atoms with Gasteiger partial charge in [-0.25, -0.2) is 4.68 Å². The Balaban J connectivity index is 1.43. The van der Waals surface area contributed by atoms with E-state index >= 15 is 0 Å². The van der Waals surface area contributed by atoms with Crippen LogP contribution < -0.4 is 4.74 Å². The molecule has 1 unspecified atom stereocenters. The van der Waals surface area contributed by atoms with E-state index < -0.39 is 6.10 Å². The van der Waals surface area contributed by atoms with E-state index in [4.69, 9.17) is 9.84 Å². The Bertz CT molecular complexity index is 1250. The molecule has 36 heavy (non-hydrogen) atoms. The Kier molecular flexibility index (Phi) is 7.49. The lowest BCUT2D eigenvalue weighted by Gasteiger charge is -2.25. The van der Waals surface area contributed by atoms with Crippen molar-refractivity contribution >= 4 is 0 Å². The van der Waals surface area contributed by atoms with Crippen LogP contribution in [-0.2, 0) is 13.0 Å². The second-order valence-corrected chi connectivity index (χ2v) is 10.0. The number of rotatable bonds is 11. The topological polar surface area (TPSA) is 50.5 Å². The van der Waals surface area contributed by atoms with Gasteiger partial charge in [0, 0.05) is 19.6 Å². The first-order valence-corrected chi connectivity index (χ1v) is 12.9. The van der Waals surface area contributed by atoms with Crippen molar-refractivity contribution in [2.45, 2.75) is 45.8 Å². The molecule has 0 saturated heterocycles. The number of ether oxygens (including phenoxy) is 1. The summed E-state index contributed by atoms with van der Waals surface area (Å²) in [5.74, 6) is 2.23. The Morgan fingerprint density at radius 2 is 1.61 bits per heavy atom. The summed E-state index contributed by atoms with van der Waals surface area (Å²) in [5.41, 5.74) is 5.32. The zero-order chi connectivity index (χ0) is 24.9. The van der Waals surface area contributed by atoms with Crippen molar-refractivity contribution < 1.29 is 9.84 Å². The second-order valence-electron chi connectivity index (χ2n) is 10.0. The van der Waals surface area contributed by atoms with Gasteiger partial charge in [-0.1, -0.05) is 66.2 Å². The maximum Gasteiger partial charge on any atom is 0.227 e. The molecule has 5 rings (SSSR count). The summed E-state index contributed by atoms with van der Waals surface area (Å²) in [4.78, 5) is 2.38. The normalized spacial score (nSPS) is 14.2. The van der Waals surface area contributed by atoms with Gasteiger partial charge in [-0.3, -0.25) is 4.90 Å². The summed E-state index contributed by atoms with van der Waals surface area (Å²) in [6, 6.07) is 28.5. The molecular formula is C31H35N3O2. The van der Waals surface area contributed by atoms with E-state index in [2.05, 4.69) is 36.1 Å². The minimum atomic E-state index is -0.433. The SMILES string of the molecule is Cc1ccc(Oc2c(CN(CC(O)Cc3ccccc3)CC3CC3)c(C)nn2-c2ccccc2)cc1. The van der Waals surface area contributed by atoms with Gasteiger partial charge in [-0.05, 0) is 68.9 Å². The molecule has 1 saturated carbocycles. The van der Waals surface area contributed by atoms with Crippen LogP contribution >= 0.6 is 0 Å². The first kappa shape index (κ1) is 24.3. The highest BCUT2D eigenvalue weighted by Crippen LogP contribution is 2.34. The number of para-hydroxylation sites is 1. The van der Waals surface area contributed by atoms with Gasteiger partial charge < -0.3 is 9.84 Å². The van der Waals surface area contributed by atoms with Crippen LogP contribution in [0.2, 0.25) is 0 Å². The van der Waals surface area contributed by atoms with Gasteiger partial charge in [0.2, 0.25) is 5.88 Å². The van der Waals surface area contributed by atoms with Crippen molar-refractivity contribution in [3.63, 3.8) is 0 Å². The van der Waals surface area contributed by atoms with Crippen molar-refractivity contribution in [2.75, 3.05) is 13.1 Å². The molecule has 1 fully saturated rings. The van der Waals surface area contributed by atoms with Crippen LogP contribution in [-0.4, -0.2) is 39.0 Å². The first-order chi connectivity index (χ1) is 17.5. The number of aryl methyl sites for hydroxylation is 2. The summed E-state index contributed by atoms with van der Waals surface area (Å²) in [5, 5.41) is 15.9. The minimum Gasteiger partial charge on any atom is -0.439 e. The molecule has 3 aromatic carbocycles. The third-order valence-corrected chi connectivity index (χ3v) is 6.75. The molecule has 1 atom stereocenters. The fraction of sp³-hybridized carbons (Fsp3) is 0.323. The van der Waals surface area contributed by atoms with E-state index in [1.165, 1.54) is 18.4 Å². The summed E-state index contributed by atoms with van der Waals surface area (Å²) in [6.45, 7) is 6.40. The van der Waals surface area contributed by atoms with Gasteiger partial charge >= 0.3 is 0 Å². The van der Waals surface area contributed by atoms with Crippen LogP contribution in [0.5, 0.6) is 11.6 Å². The van der Waals surface area contributed by atoms with E-state index in [9.17, 15) is 5.11 Å². The molecule has 0 aliphatic heterocycles. The van der Waals surface area contributed by atoms with Crippen LogP contribution in [0.15, 0.2) is 84.9 Å². The number of aromatic nitrogens is 2. The lowest BCUT2D eigenvalue weighted by Crippen LogP contribution is -2.35. The molecule has 1 aliphatic carbocycles. The van der Waals surface area contributed by atoms with Crippen LogP contribution in [0.4, 0.5) is 0 Å². The number of aliphatic hydroxyl groups excluding tert-OH is 1. The molecule has 186 valence electrons. The molecule has 0 radical (unpaired) electrons. The highest BCUT2D eigenvalue weighted by molar-refractivity contribution is 5.43. The van der Waals surface area contributed by atoms with Crippen molar-refractivity contribution in [1.29, 1.82) is 0 Å². The van der Waals surface area contributed by atoms with Crippen LogP contribution in [0.25, 0.3) is 5.69 Å². The fourth-order valence-electron chi connectivity index (χ4n) is 4.63. The lowest BCUT2D eigenvalue weighted by atomic mass is 10.1. The van der Waals surface area contributed by atoms with Gasteiger partial charge in [0.05, 0.1) is 23.0 Å². The van der Waals surface area contributed by atoms with E-state index in [1.54, 1.807) is 0 Å². The molecule has 1 heterocycles. The van der Waals surface area contributed by atoms with Crippen molar-refractivity contribution in [1.82, 2.24) is 14.7 Å². The Morgan fingerprint density at radius 3 is 2.28 bits per heavy atom. The number of hydrogen-bond acceptors (Lipinski definition) is 4. The summed E-state index contributed by atoms with van der Waals surface area (Å²) >= 11 is 0. The monoisotopic (exact) mass is 481 g/mol. The van der Waals surface area contributed by atoms with Gasteiger partial charge in [-0.15, -0.1) is 0 Å². The van der Waals surface area contributed by atoms with Crippen LogP contribution in [0, 0.1) is 19.8 Å². The smallest absolute Gasteiger partial charge is 0.227 e. The highest BCUT2D eigenvalue weighted by Gasteiger charge is 2.28. The lowest BCUT2D eigenvalue weighted by molar-refractivity contribution is 0.105. The zero-order valence-corrected chi connectivity index (χ0v) is 21.2. The number of benzene rings is 3. The predicted molar refractivity (Wildman–Crippen MR) is 144 cm³/mol. The maximum atomic E-state index is 11.0. The van der Waals surface area contributed by atoms with Crippen molar-refractivity contribution in [3.8, 4) is 17.3 Å². The van der Waals surface area contributed by atoms with Crippen LogP contribution in [0.3, 0.4) is 0 Å². The number of hydrogen-bond donors (Lipinski definition) is 1. The Hall–Kier alpha value is -3.41. The highest BCUT2D eigenvalue weighted by atomic mass is 16.5. The maximum absolute atomic E-state index is 11.0. The summed E-state index contributed by atoms with van der Waals surface area (Å²) < 4.78 is 8.41. The minimum absolute atomic E-state index is 0.433. The molecule has 4 aromatic rings. The van der Waals surface area contributed by atoms with Gasteiger partial charge in [0.1, 0.15) is 5.75 Å². The molecule has 1 aromatic heterocycles. The Morgan fingerprint density at radius 1 is 0.944 bits per heavy atom. The van der Waals surface area contributed by atoms with Gasteiger partial charge in [0.25, 0.3) is 0 Å². The van der Waals surface area contributed by atoms with Crippen LogP contribution in [0.1, 0.15) is 35.2 Å². The predicted octanol–water partition coefficient (Wildman–Crippen LogP) is 6.10. The van der Waals surface area contributed by atoms with Crippen molar-refractivity contribution in [3.05, 3.63) is 107 Å². The quantitative estimate of drug-likeness (QED) is 0.281. The third kappa shape index (κ3) is 6.23. The number of nitrogens with zero attached hydrogens (tertiary/aromatic N) is 3. The van der Waals surface area contributed by atoms with E-state index in [0.29, 0.717) is 25.4 Å². The molecule has 0 amide bonds. The zero-order valence-electron chi connectivity index (χ0n) is 21.2. The molecule has 5 nitrogen and oxygen atoms in total. The van der Waals surface area contributed by atoms with E-state index in [1.807, 2.05) is 72.3 Å². The van der Waals surface area contributed by atoms with Crippen molar-refractivity contribution in [2.24, 2.45) is 5.92 Å².